The third-order valence-electron chi connectivity index (χ3n) is 6.59. The maximum absolute atomic E-state index is 12.7. The van der Waals surface area contributed by atoms with Gasteiger partial charge in [0.15, 0.2) is 6.10 Å². The highest BCUT2D eigenvalue weighted by atomic mass is 35.5. The number of ether oxygens (including phenoxy) is 2. The largest absolute Gasteiger partial charge is 0.493 e. The molecular weight excluding hydrogens is 490 g/mol. The number of aliphatic carboxylic acids is 1. The van der Waals surface area contributed by atoms with Crippen molar-refractivity contribution in [2.75, 3.05) is 18.7 Å². The zero-order valence-corrected chi connectivity index (χ0v) is 22.7. The monoisotopic (exact) mass is 523 g/mol. The average Bonchev–Trinajstić information content (AvgIpc) is 2.84. The van der Waals surface area contributed by atoms with Gasteiger partial charge < -0.3 is 25.0 Å². The number of hydrogen-bond acceptors (Lipinski definition) is 5. The van der Waals surface area contributed by atoms with Crippen LogP contribution in [-0.4, -0.2) is 35.1 Å². The van der Waals surface area contributed by atoms with Crippen molar-refractivity contribution >= 4 is 23.3 Å². The van der Waals surface area contributed by atoms with Gasteiger partial charge in [-0.2, -0.15) is 0 Å². The SMILES string of the molecule is Cc1c(-c2ccc(Cl)cc2)c(NCO)c(C)c(C(OC(C)(C)C)C(=O)O)c1-c1ccc2c(c1)CCCO2. The van der Waals surface area contributed by atoms with Crippen molar-refractivity contribution in [3.05, 3.63) is 69.7 Å². The summed E-state index contributed by atoms with van der Waals surface area (Å²) in [5.41, 5.74) is 6.66. The molecule has 3 aromatic rings. The van der Waals surface area contributed by atoms with E-state index in [0.29, 0.717) is 28.4 Å². The van der Waals surface area contributed by atoms with Crippen LogP contribution in [0.25, 0.3) is 22.3 Å². The predicted octanol–water partition coefficient (Wildman–Crippen LogP) is 6.92. The summed E-state index contributed by atoms with van der Waals surface area (Å²) < 4.78 is 12.0. The lowest BCUT2D eigenvalue weighted by atomic mass is 9.82. The molecule has 6 nitrogen and oxygen atoms in total. The molecule has 7 heteroatoms. The molecule has 0 amide bonds. The Morgan fingerprint density at radius 1 is 1.08 bits per heavy atom. The molecule has 1 atom stereocenters. The van der Waals surface area contributed by atoms with Crippen LogP contribution in [0, 0.1) is 13.8 Å². The topological polar surface area (TPSA) is 88.0 Å². The van der Waals surface area contributed by atoms with Gasteiger partial charge in [-0.05, 0) is 105 Å². The third kappa shape index (κ3) is 5.61. The third-order valence-corrected chi connectivity index (χ3v) is 6.84. The van der Waals surface area contributed by atoms with E-state index >= 15 is 0 Å². The Morgan fingerprint density at radius 3 is 2.38 bits per heavy atom. The Balaban J connectivity index is 2.10. The second kappa shape index (κ2) is 10.7. The summed E-state index contributed by atoms with van der Waals surface area (Å²) in [6.45, 7) is 9.77. The van der Waals surface area contributed by atoms with Crippen molar-refractivity contribution in [1.29, 1.82) is 0 Å². The number of carboxylic acid groups (broad SMARTS) is 1. The minimum atomic E-state index is -1.22. The van der Waals surface area contributed by atoms with Crippen LogP contribution < -0.4 is 10.1 Å². The van der Waals surface area contributed by atoms with Crippen LogP contribution in [0.4, 0.5) is 5.69 Å². The molecule has 0 radical (unpaired) electrons. The highest BCUT2D eigenvalue weighted by molar-refractivity contribution is 6.30. The molecular formula is C30H34ClNO5. The molecule has 1 aliphatic rings. The van der Waals surface area contributed by atoms with Gasteiger partial charge in [-0.1, -0.05) is 29.8 Å². The number of aliphatic hydroxyl groups excluding tert-OH is 1. The number of nitrogens with one attached hydrogen (secondary N) is 1. The summed E-state index contributed by atoms with van der Waals surface area (Å²) in [4.78, 5) is 12.7. The van der Waals surface area contributed by atoms with Gasteiger partial charge in [0.05, 0.1) is 12.2 Å². The van der Waals surface area contributed by atoms with Gasteiger partial charge in [-0.3, -0.25) is 0 Å². The number of rotatable bonds is 7. The van der Waals surface area contributed by atoms with Crippen LogP contribution in [0.5, 0.6) is 5.75 Å². The highest BCUT2D eigenvalue weighted by Crippen LogP contribution is 2.47. The molecule has 0 aliphatic carbocycles. The molecule has 0 saturated carbocycles. The fraction of sp³-hybridized carbons (Fsp3) is 0.367. The van der Waals surface area contributed by atoms with Crippen molar-refractivity contribution in [3.63, 3.8) is 0 Å². The number of halogens is 1. The van der Waals surface area contributed by atoms with Gasteiger partial charge in [-0.25, -0.2) is 4.79 Å². The molecule has 3 N–H and O–H groups in total. The first-order valence-corrected chi connectivity index (χ1v) is 12.8. The maximum Gasteiger partial charge on any atom is 0.337 e. The first-order valence-electron chi connectivity index (χ1n) is 12.5. The summed E-state index contributed by atoms with van der Waals surface area (Å²) in [7, 11) is 0. The molecule has 0 bridgehead atoms. The highest BCUT2D eigenvalue weighted by Gasteiger charge is 2.34. The van der Waals surface area contributed by atoms with E-state index in [2.05, 4.69) is 11.4 Å². The fourth-order valence-corrected chi connectivity index (χ4v) is 5.23. The Morgan fingerprint density at radius 2 is 1.76 bits per heavy atom. The molecule has 0 spiro atoms. The predicted molar refractivity (Wildman–Crippen MR) is 148 cm³/mol. The van der Waals surface area contributed by atoms with E-state index in [1.54, 1.807) is 0 Å². The van der Waals surface area contributed by atoms with E-state index in [9.17, 15) is 15.0 Å². The summed E-state index contributed by atoms with van der Waals surface area (Å²) in [6, 6.07) is 13.5. The molecule has 1 unspecified atom stereocenters. The quantitative estimate of drug-likeness (QED) is 0.291. The van der Waals surface area contributed by atoms with Gasteiger partial charge in [0.25, 0.3) is 0 Å². The number of anilines is 1. The zero-order chi connectivity index (χ0) is 26.9. The number of fused-ring (bicyclic) bond motifs is 1. The van der Waals surface area contributed by atoms with Crippen LogP contribution in [0.1, 0.15) is 55.5 Å². The molecule has 3 aromatic carbocycles. The molecule has 37 heavy (non-hydrogen) atoms. The second-order valence-electron chi connectivity index (χ2n) is 10.4. The average molecular weight is 524 g/mol. The van der Waals surface area contributed by atoms with Crippen molar-refractivity contribution in [2.24, 2.45) is 0 Å². The first-order chi connectivity index (χ1) is 17.5. The minimum absolute atomic E-state index is 0.312. The van der Waals surface area contributed by atoms with Crippen molar-refractivity contribution < 1.29 is 24.5 Å². The van der Waals surface area contributed by atoms with Gasteiger partial charge in [-0.15, -0.1) is 0 Å². The Labute approximate surface area is 223 Å². The van der Waals surface area contributed by atoms with Crippen LogP contribution in [0.2, 0.25) is 5.02 Å². The smallest absolute Gasteiger partial charge is 0.337 e. The van der Waals surface area contributed by atoms with Crippen molar-refractivity contribution in [2.45, 2.75) is 59.2 Å². The van der Waals surface area contributed by atoms with Crippen LogP contribution in [0.3, 0.4) is 0 Å². The standard InChI is InChI=1S/C30H34ClNO5/c1-17-24(21-10-13-23-20(15-21)7-6-14-36-23)26(28(29(34)35)37-30(3,4)5)18(2)27(32-16-33)25(17)19-8-11-22(31)12-9-19/h8-13,15,28,32-33H,6-7,14,16H2,1-5H3,(H,34,35). The van der Waals surface area contributed by atoms with E-state index in [4.69, 9.17) is 21.1 Å². The summed E-state index contributed by atoms with van der Waals surface area (Å²) in [5, 5.41) is 24.0. The number of carboxylic acids is 1. The van der Waals surface area contributed by atoms with Crippen LogP contribution in [0.15, 0.2) is 42.5 Å². The van der Waals surface area contributed by atoms with Crippen LogP contribution in [-0.2, 0) is 16.0 Å². The number of carbonyl (C=O) groups is 1. The lowest BCUT2D eigenvalue weighted by Gasteiger charge is -2.31. The number of benzene rings is 3. The number of hydrogen-bond donors (Lipinski definition) is 3. The number of aliphatic hydroxyl groups is 1. The van der Waals surface area contributed by atoms with E-state index in [1.807, 2.05) is 71.0 Å². The van der Waals surface area contributed by atoms with E-state index in [0.717, 1.165) is 52.0 Å². The molecule has 4 rings (SSSR count). The molecule has 196 valence electrons. The minimum Gasteiger partial charge on any atom is -0.493 e. The Hall–Kier alpha value is -3.06. The zero-order valence-electron chi connectivity index (χ0n) is 21.9. The summed E-state index contributed by atoms with van der Waals surface area (Å²) in [6.07, 6.45) is 0.604. The first kappa shape index (κ1) is 27.0. The molecule has 1 heterocycles. The Bertz CT molecular complexity index is 1310. The van der Waals surface area contributed by atoms with E-state index in [1.165, 1.54) is 0 Å². The van der Waals surface area contributed by atoms with E-state index < -0.39 is 17.7 Å². The Kier molecular flexibility index (Phi) is 7.83. The molecule has 0 saturated heterocycles. The van der Waals surface area contributed by atoms with Crippen LogP contribution >= 0.6 is 11.6 Å². The normalized spacial score (nSPS) is 14.0. The van der Waals surface area contributed by atoms with E-state index in [-0.39, 0.29) is 6.73 Å². The lowest BCUT2D eigenvalue weighted by Crippen LogP contribution is -2.28. The van der Waals surface area contributed by atoms with Crippen molar-refractivity contribution in [1.82, 2.24) is 0 Å². The fourth-order valence-electron chi connectivity index (χ4n) is 5.10. The maximum atomic E-state index is 12.7. The van der Waals surface area contributed by atoms with Gasteiger partial charge in [0.2, 0.25) is 0 Å². The van der Waals surface area contributed by atoms with Gasteiger partial charge in [0, 0.05) is 21.8 Å². The second-order valence-corrected chi connectivity index (χ2v) is 10.8. The number of aryl methyl sites for hydroxylation is 1. The summed E-state index contributed by atoms with van der Waals surface area (Å²) in [5.74, 6) is -0.211. The van der Waals surface area contributed by atoms with Crippen molar-refractivity contribution in [3.8, 4) is 28.0 Å². The molecule has 0 fully saturated rings. The molecule has 0 aromatic heterocycles. The van der Waals surface area contributed by atoms with Gasteiger partial charge >= 0.3 is 5.97 Å². The van der Waals surface area contributed by atoms with Gasteiger partial charge in [0.1, 0.15) is 12.5 Å². The lowest BCUT2D eigenvalue weighted by molar-refractivity contribution is -0.160. The summed E-state index contributed by atoms with van der Waals surface area (Å²) >= 11 is 6.18. The molecule has 1 aliphatic heterocycles.